The van der Waals surface area contributed by atoms with Crippen LogP contribution < -0.4 is 0 Å². The predicted octanol–water partition coefficient (Wildman–Crippen LogP) is 2.49. The molecule has 0 saturated heterocycles. The predicted molar refractivity (Wildman–Crippen MR) is 63.1 cm³/mol. The summed E-state index contributed by atoms with van der Waals surface area (Å²) < 4.78 is 31.9. The Balaban J connectivity index is 2.49. The average Bonchev–Trinajstić information content (AvgIpc) is 2.49. The summed E-state index contributed by atoms with van der Waals surface area (Å²) in [5.74, 6) is 0. The zero-order valence-corrected chi connectivity index (χ0v) is 9.80. The molecule has 2 radical (unpaired) electrons. The molecule has 17 heavy (non-hydrogen) atoms. The topological polar surface area (TPSA) is 54.4 Å². The molecule has 4 bridgehead atoms. The van der Waals surface area contributed by atoms with Crippen molar-refractivity contribution in [3.8, 4) is 22.3 Å². The van der Waals surface area contributed by atoms with Crippen molar-refractivity contribution in [2.45, 2.75) is 11.8 Å². The smallest absolute Gasteiger partial charge is 0.282 e. The van der Waals surface area contributed by atoms with Gasteiger partial charge in [-0.15, -0.1) is 0 Å². The number of fused-ring (bicyclic) bond motifs is 2. The molecular formula is C13H8O3S. The van der Waals surface area contributed by atoms with Crippen LogP contribution in [0.15, 0.2) is 29.2 Å². The van der Waals surface area contributed by atoms with Gasteiger partial charge in [-0.2, -0.15) is 8.42 Å². The van der Waals surface area contributed by atoms with Gasteiger partial charge in [-0.3, -0.25) is 4.55 Å². The van der Waals surface area contributed by atoms with Gasteiger partial charge in [-0.1, -0.05) is 12.1 Å². The maximum Gasteiger partial charge on any atom is 0.295 e. The van der Waals surface area contributed by atoms with Gasteiger partial charge in [0.25, 0.3) is 10.1 Å². The second-order valence-electron chi connectivity index (χ2n) is 4.04. The van der Waals surface area contributed by atoms with E-state index >= 15 is 0 Å². The Morgan fingerprint density at radius 3 is 2.71 bits per heavy atom. The largest absolute Gasteiger partial charge is 0.295 e. The minimum absolute atomic E-state index is 0.171. The van der Waals surface area contributed by atoms with E-state index < -0.39 is 10.1 Å². The van der Waals surface area contributed by atoms with Crippen molar-refractivity contribution in [3.05, 3.63) is 42.0 Å². The molecule has 1 N–H and O–H groups in total. The van der Waals surface area contributed by atoms with Gasteiger partial charge in [0.2, 0.25) is 0 Å². The highest BCUT2D eigenvalue weighted by atomic mass is 32.2. The molecule has 0 amide bonds. The first kappa shape index (κ1) is 10.5. The lowest BCUT2D eigenvalue weighted by Crippen LogP contribution is -2.00. The second-order valence-corrected chi connectivity index (χ2v) is 5.39. The summed E-state index contributed by atoms with van der Waals surface area (Å²) >= 11 is 0. The molecule has 4 heteroatoms. The molecule has 0 aliphatic heterocycles. The lowest BCUT2D eigenvalue weighted by atomic mass is 10.0. The summed E-state index contributed by atoms with van der Waals surface area (Å²) in [6.07, 6.45) is 0. The molecule has 2 aromatic rings. The fraction of sp³-hybridized carbons (Fsp3) is 0.0769. The maximum atomic E-state index is 11.3. The number of benzene rings is 2. The van der Waals surface area contributed by atoms with E-state index in [0.29, 0.717) is 11.1 Å². The van der Waals surface area contributed by atoms with E-state index in [4.69, 9.17) is 0 Å². The fourth-order valence-electron chi connectivity index (χ4n) is 2.05. The van der Waals surface area contributed by atoms with Crippen LogP contribution in [0.25, 0.3) is 22.3 Å². The van der Waals surface area contributed by atoms with Crippen molar-refractivity contribution in [1.29, 1.82) is 0 Å². The highest BCUT2D eigenvalue weighted by Crippen LogP contribution is 2.38. The quantitative estimate of drug-likeness (QED) is 0.669. The molecule has 2 aliphatic rings. The highest BCUT2D eigenvalue weighted by Gasteiger charge is 2.22. The van der Waals surface area contributed by atoms with Crippen molar-refractivity contribution in [1.82, 2.24) is 0 Å². The van der Waals surface area contributed by atoms with Gasteiger partial charge in [0.1, 0.15) is 4.90 Å². The molecule has 0 unspecified atom stereocenters. The first-order valence-electron chi connectivity index (χ1n) is 5.04. The lowest BCUT2D eigenvalue weighted by molar-refractivity contribution is 0.483. The van der Waals surface area contributed by atoms with E-state index in [0.717, 1.165) is 16.7 Å². The first-order valence-corrected chi connectivity index (χ1v) is 6.48. The van der Waals surface area contributed by atoms with Crippen molar-refractivity contribution >= 4 is 10.1 Å². The van der Waals surface area contributed by atoms with Crippen LogP contribution in [-0.4, -0.2) is 13.0 Å². The van der Waals surface area contributed by atoms with Crippen LogP contribution in [0.2, 0.25) is 0 Å². The standard InChI is InChI=1S/C13H8O3S/c1-8-2-3-9-6-12(8)11-5-4-10(9)7-13(11)17(14,15)16/h2-3,5-6H,1H3,(H,14,15,16). The minimum atomic E-state index is -4.26. The van der Waals surface area contributed by atoms with Gasteiger partial charge in [0.05, 0.1) is 0 Å². The molecule has 0 heterocycles. The Bertz CT molecular complexity index is 730. The van der Waals surface area contributed by atoms with Gasteiger partial charge in [-0.05, 0) is 47.4 Å². The monoisotopic (exact) mass is 244 g/mol. The molecule has 3 nitrogen and oxygen atoms in total. The number of aryl methyl sites for hydroxylation is 1. The van der Waals surface area contributed by atoms with Crippen LogP contribution in [0, 0.1) is 19.1 Å². The van der Waals surface area contributed by atoms with Crippen LogP contribution in [0.5, 0.6) is 0 Å². The van der Waals surface area contributed by atoms with Crippen molar-refractivity contribution in [3.63, 3.8) is 0 Å². The fourth-order valence-corrected chi connectivity index (χ4v) is 2.73. The zero-order valence-electron chi connectivity index (χ0n) is 8.98. The van der Waals surface area contributed by atoms with Gasteiger partial charge < -0.3 is 0 Å². The van der Waals surface area contributed by atoms with Crippen LogP contribution in [0.3, 0.4) is 0 Å². The normalized spacial score (nSPS) is 12.6. The van der Waals surface area contributed by atoms with Crippen LogP contribution in [0.4, 0.5) is 0 Å². The Labute approximate surface area is 99.5 Å². The summed E-state index contributed by atoms with van der Waals surface area (Å²) in [6.45, 7) is 1.89. The molecule has 2 aromatic carbocycles. The summed E-state index contributed by atoms with van der Waals surface area (Å²) in [5, 5.41) is 0. The maximum absolute atomic E-state index is 11.3. The van der Waals surface area contributed by atoms with E-state index in [-0.39, 0.29) is 4.90 Å². The molecular weight excluding hydrogens is 236 g/mol. The molecule has 4 rings (SSSR count). The van der Waals surface area contributed by atoms with E-state index in [9.17, 15) is 13.0 Å². The van der Waals surface area contributed by atoms with Crippen LogP contribution in [-0.2, 0) is 10.1 Å². The minimum Gasteiger partial charge on any atom is -0.282 e. The van der Waals surface area contributed by atoms with Crippen molar-refractivity contribution < 1.29 is 13.0 Å². The molecule has 0 saturated carbocycles. The van der Waals surface area contributed by atoms with Crippen molar-refractivity contribution in [2.24, 2.45) is 0 Å². The van der Waals surface area contributed by atoms with Gasteiger partial charge in [0, 0.05) is 11.6 Å². The summed E-state index contributed by atoms with van der Waals surface area (Å²) in [6, 6.07) is 13.0. The molecule has 0 aromatic heterocycles. The van der Waals surface area contributed by atoms with E-state index in [1.165, 1.54) is 0 Å². The van der Waals surface area contributed by atoms with Crippen molar-refractivity contribution in [2.75, 3.05) is 0 Å². The number of rotatable bonds is 1. The molecule has 0 fully saturated rings. The average molecular weight is 244 g/mol. The van der Waals surface area contributed by atoms with E-state index in [1.807, 2.05) is 25.1 Å². The Morgan fingerprint density at radius 1 is 1.24 bits per heavy atom. The van der Waals surface area contributed by atoms with Gasteiger partial charge >= 0.3 is 0 Å². The third-order valence-electron chi connectivity index (χ3n) is 2.92. The zero-order chi connectivity index (χ0) is 12.2. The van der Waals surface area contributed by atoms with Crippen LogP contribution in [0.1, 0.15) is 5.56 Å². The van der Waals surface area contributed by atoms with Gasteiger partial charge in [0.15, 0.2) is 0 Å². The first-order chi connectivity index (χ1) is 7.97. The third kappa shape index (κ3) is 1.49. The Kier molecular flexibility index (Phi) is 1.97. The SMILES string of the molecule is Cc1ccc2cc1-c1c[c]c-2[c]c1S(=O)(=O)O. The van der Waals surface area contributed by atoms with Crippen LogP contribution >= 0.6 is 0 Å². The Hall–Kier alpha value is -1.65. The summed E-state index contributed by atoms with van der Waals surface area (Å²) in [7, 11) is -4.26. The third-order valence-corrected chi connectivity index (χ3v) is 3.76. The lowest BCUT2D eigenvalue weighted by Gasteiger charge is -2.06. The van der Waals surface area contributed by atoms with E-state index in [1.54, 1.807) is 6.07 Å². The number of hydrogen-bond donors (Lipinski definition) is 1. The Morgan fingerprint density at radius 2 is 2.00 bits per heavy atom. The molecule has 0 spiro atoms. The highest BCUT2D eigenvalue weighted by molar-refractivity contribution is 7.86. The summed E-state index contributed by atoms with van der Waals surface area (Å²) in [4.78, 5) is -0.171. The summed E-state index contributed by atoms with van der Waals surface area (Å²) in [5.41, 5.74) is 3.61. The van der Waals surface area contributed by atoms with Gasteiger partial charge in [-0.25, -0.2) is 0 Å². The molecule has 0 atom stereocenters. The number of hydrogen-bond acceptors (Lipinski definition) is 2. The van der Waals surface area contributed by atoms with E-state index in [2.05, 4.69) is 12.1 Å². The molecule has 84 valence electrons. The second kappa shape index (κ2) is 3.18. The molecule has 2 aliphatic carbocycles.